The van der Waals surface area contributed by atoms with E-state index in [9.17, 15) is 14.3 Å². The van der Waals surface area contributed by atoms with E-state index in [0.717, 1.165) is 64.6 Å². The molecule has 9 nitrogen and oxygen atoms in total. The molecule has 0 saturated carbocycles. The van der Waals surface area contributed by atoms with E-state index in [0.29, 0.717) is 23.9 Å². The Morgan fingerprint density at radius 2 is 1.91 bits per heavy atom. The fourth-order valence-corrected chi connectivity index (χ4v) is 7.70. The Morgan fingerprint density at radius 1 is 1.11 bits per heavy atom. The van der Waals surface area contributed by atoms with Gasteiger partial charge in [0, 0.05) is 12.0 Å². The number of nitrogens with one attached hydrogen (secondary N) is 1. The van der Waals surface area contributed by atoms with Crippen molar-refractivity contribution in [2.75, 3.05) is 38.5 Å². The van der Waals surface area contributed by atoms with Crippen molar-refractivity contribution in [3.8, 4) is 23.0 Å². The van der Waals surface area contributed by atoms with Crippen molar-refractivity contribution in [1.82, 2.24) is 25.2 Å². The van der Waals surface area contributed by atoms with Crippen molar-refractivity contribution in [2.45, 2.75) is 63.8 Å². The van der Waals surface area contributed by atoms with Crippen LogP contribution in [0.25, 0.3) is 32.9 Å². The molecule has 1 unspecified atom stereocenters. The summed E-state index contributed by atoms with van der Waals surface area (Å²) < 4.78 is 37.7. The smallest absolute Gasteiger partial charge is 0.319 e. The molecule has 4 N–H and O–H groups in total. The number of aromatic nitrogens is 3. The van der Waals surface area contributed by atoms with Gasteiger partial charge in [-0.1, -0.05) is 12.5 Å². The number of rotatable bonds is 7. The number of aryl methyl sites for hydroxylation is 1. The summed E-state index contributed by atoms with van der Waals surface area (Å²) in [5, 5.41) is 14.9. The van der Waals surface area contributed by atoms with Crippen molar-refractivity contribution < 1.29 is 23.4 Å². The summed E-state index contributed by atoms with van der Waals surface area (Å²) in [7, 11) is 0. The summed E-state index contributed by atoms with van der Waals surface area (Å²) in [6, 6.07) is 5.57. The van der Waals surface area contributed by atoms with Crippen LogP contribution in [0.3, 0.4) is 0 Å². The molecule has 1 atom stereocenters. The Hall–Kier alpha value is -3.96. The topological polar surface area (TPSA) is 126 Å². The molecule has 3 saturated heterocycles. The number of nitrogens with zero attached hydrogens (tertiary/aromatic N) is 4. The van der Waals surface area contributed by atoms with Gasteiger partial charge in [0.1, 0.15) is 40.9 Å². The Balaban J connectivity index is 1.38. The first kappa shape index (κ1) is 29.7. The number of benzene rings is 2. The van der Waals surface area contributed by atoms with Crippen LogP contribution in [-0.2, 0) is 0 Å². The normalized spacial score (nSPS) is 20.0. The number of phenolic OH excluding ortho intramolecular Hbond substituents is 1. The first-order valence-corrected chi connectivity index (χ1v) is 15.9. The number of halogens is 2. The van der Waals surface area contributed by atoms with Crippen molar-refractivity contribution in [1.29, 1.82) is 0 Å². The second-order valence-corrected chi connectivity index (χ2v) is 12.9. The number of anilines is 1. The number of nitrogen functional groups attached to an aromatic ring is 1. The molecule has 2 aromatic heterocycles. The molecule has 3 aliphatic rings. The van der Waals surface area contributed by atoms with Crippen molar-refractivity contribution >= 4 is 33.3 Å². The minimum absolute atomic E-state index is 0.0315. The van der Waals surface area contributed by atoms with Crippen LogP contribution in [0.15, 0.2) is 24.3 Å². The number of ether oxygens (including phenoxy) is 1. The lowest BCUT2D eigenvalue weighted by atomic mass is 9.93. The lowest BCUT2D eigenvalue weighted by Gasteiger charge is -2.31. The van der Waals surface area contributed by atoms with E-state index in [4.69, 9.17) is 10.5 Å². The van der Waals surface area contributed by atoms with E-state index < -0.39 is 11.6 Å². The van der Waals surface area contributed by atoms with Crippen LogP contribution in [-0.4, -0.2) is 69.1 Å². The molecule has 0 radical (unpaired) electrons. The lowest BCUT2D eigenvalue weighted by molar-refractivity contribution is 0.0956. The first-order valence-electron chi connectivity index (χ1n) is 15.9. The quantitative estimate of drug-likeness (QED) is 0.225. The summed E-state index contributed by atoms with van der Waals surface area (Å²) in [5.74, 6) is -1.81. The molecule has 45 heavy (non-hydrogen) atoms. The number of phenols is 1. The third kappa shape index (κ3) is 5.35. The van der Waals surface area contributed by atoms with Gasteiger partial charge >= 0.3 is 6.01 Å². The van der Waals surface area contributed by atoms with Gasteiger partial charge in [0.2, 0.25) is 0 Å². The zero-order chi connectivity index (χ0) is 31.3. The number of hydrogen-bond acceptors (Lipinski definition) is 9. The van der Waals surface area contributed by atoms with Crippen LogP contribution in [0.1, 0.15) is 67.4 Å². The van der Waals surface area contributed by atoms with Crippen molar-refractivity contribution in [3.05, 3.63) is 47.2 Å². The molecular weight excluding hydrogens is 578 g/mol. The second-order valence-electron chi connectivity index (χ2n) is 12.9. The molecule has 3 fully saturated rings. The van der Waals surface area contributed by atoms with Gasteiger partial charge in [-0.25, -0.2) is 13.8 Å². The lowest BCUT2D eigenvalue weighted by Crippen LogP contribution is -2.43. The van der Waals surface area contributed by atoms with Crippen LogP contribution < -0.4 is 15.8 Å². The molecule has 236 valence electrons. The van der Waals surface area contributed by atoms with E-state index in [1.54, 1.807) is 6.92 Å². The van der Waals surface area contributed by atoms with Crippen molar-refractivity contribution in [3.63, 3.8) is 0 Å². The maximum Gasteiger partial charge on any atom is 0.319 e. The Kier molecular flexibility index (Phi) is 7.77. The van der Waals surface area contributed by atoms with E-state index in [1.165, 1.54) is 24.3 Å². The highest BCUT2D eigenvalue weighted by atomic mass is 19.1. The predicted octanol–water partition coefficient (Wildman–Crippen LogP) is 5.69. The standard InChI is InChI=1S/C34H38F2N6O3/c1-19-24(35)8-7-21-15-22(43)16-23(26(19)21)29-28(36)31-27(30(39-29)25(44)14-20-6-2-3-11-38-17-20)32(37)41-33(40-31)45-18-34-9-4-12-42(34)13-5-10-34/h7-8,15-16,20,38,43H,2-6,9-14,17-18H2,1H3,(H2,37,40,41). The zero-order valence-electron chi connectivity index (χ0n) is 25.5. The van der Waals surface area contributed by atoms with Gasteiger partial charge in [-0.05, 0) is 112 Å². The SMILES string of the molecule is Cc1c(F)ccc2cc(O)cc(-c3nc(C(=O)CC4CCCCNC4)c4c(N)nc(OCC56CCCN5CCC6)nc4c3F)c12. The molecule has 0 amide bonds. The molecule has 0 bridgehead atoms. The zero-order valence-corrected chi connectivity index (χ0v) is 25.5. The molecule has 0 spiro atoms. The summed E-state index contributed by atoms with van der Waals surface area (Å²) >= 11 is 0. The van der Waals surface area contributed by atoms with Gasteiger partial charge < -0.3 is 20.9 Å². The summed E-state index contributed by atoms with van der Waals surface area (Å²) in [6.45, 7) is 5.57. The molecule has 5 heterocycles. The minimum atomic E-state index is -0.853. The maximum atomic E-state index is 16.7. The molecular formula is C34H38F2N6O3. The van der Waals surface area contributed by atoms with Crippen LogP contribution in [0.4, 0.5) is 14.6 Å². The number of pyridine rings is 1. The molecule has 0 aliphatic carbocycles. The first-order chi connectivity index (χ1) is 21.7. The average molecular weight is 617 g/mol. The highest BCUT2D eigenvalue weighted by Gasteiger charge is 2.45. The summed E-state index contributed by atoms with van der Waals surface area (Å²) in [5.41, 5.74) is 6.32. The van der Waals surface area contributed by atoms with Gasteiger partial charge in [0.15, 0.2) is 11.6 Å². The number of hydrogen-bond donors (Lipinski definition) is 3. The number of fused-ring (bicyclic) bond motifs is 3. The molecule has 4 aromatic rings. The van der Waals surface area contributed by atoms with Gasteiger partial charge in [-0.15, -0.1) is 0 Å². The molecule has 3 aliphatic heterocycles. The van der Waals surface area contributed by atoms with Gasteiger partial charge in [-0.2, -0.15) is 9.97 Å². The Morgan fingerprint density at radius 3 is 2.71 bits per heavy atom. The van der Waals surface area contributed by atoms with E-state index >= 15 is 4.39 Å². The Bertz CT molecular complexity index is 1800. The maximum absolute atomic E-state index is 16.7. The Labute approximate surface area is 260 Å². The third-order valence-corrected chi connectivity index (χ3v) is 10.0. The number of aromatic hydroxyl groups is 1. The van der Waals surface area contributed by atoms with Gasteiger partial charge in [0.05, 0.1) is 10.9 Å². The number of nitrogens with two attached hydrogens (primary N) is 1. The van der Waals surface area contributed by atoms with Gasteiger partial charge in [-0.3, -0.25) is 9.69 Å². The molecule has 11 heteroatoms. The highest BCUT2D eigenvalue weighted by molar-refractivity contribution is 6.11. The largest absolute Gasteiger partial charge is 0.508 e. The molecule has 7 rings (SSSR count). The number of carbonyl (C=O) groups is 1. The van der Waals surface area contributed by atoms with Crippen LogP contribution in [0.2, 0.25) is 0 Å². The summed E-state index contributed by atoms with van der Waals surface area (Å²) in [4.78, 5) is 29.9. The second kappa shape index (κ2) is 11.8. The number of carbonyl (C=O) groups excluding carboxylic acids is 1. The van der Waals surface area contributed by atoms with E-state index in [-0.39, 0.29) is 74.7 Å². The van der Waals surface area contributed by atoms with E-state index in [2.05, 4.69) is 25.2 Å². The van der Waals surface area contributed by atoms with Crippen LogP contribution >= 0.6 is 0 Å². The fraction of sp³-hybridized carbons (Fsp3) is 0.471. The van der Waals surface area contributed by atoms with Gasteiger partial charge in [0.25, 0.3) is 0 Å². The molecule has 2 aromatic carbocycles. The van der Waals surface area contributed by atoms with E-state index in [1.807, 2.05) is 0 Å². The van der Waals surface area contributed by atoms with Crippen LogP contribution in [0.5, 0.6) is 11.8 Å². The monoisotopic (exact) mass is 616 g/mol. The highest BCUT2D eigenvalue weighted by Crippen LogP contribution is 2.41. The average Bonchev–Trinajstić information content (AvgIpc) is 3.50. The van der Waals surface area contributed by atoms with Crippen molar-refractivity contribution in [2.24, 2.45) is 5.92 Å². The summed E-state index contributed by atoms with van der Waals surface area (Å²) in [6.07, 6.45) is 7.30. The number of ketones is 1. The predicted molar refractivity (Wildman–Crippen MR) is 168 cm³/mol. The third-order valence-electron chi connectivity index (χ3n) is 10.0. The van der Waals surface area contributed by atoms with Crippen LogP contribution in [0, 0.1) is 24.5 Å². The minimum Gasteiger partial charge on any atom is -0.508 e. The fourth-order valence-electron chi connectivity index (χ4n) is 7.70. The number of Topliss-reactive ketones (excluding diaryl/α,β-unsaturated/α-hetero) is 1.